The third-order valence-corrected chi connectivity index (χ3v) is 3.88. The second kappa shape index (κ2) is 6.43. The predicted octanol–water partition coefficient (Wildman–Crippen LogP) is 3.42. The summed E-state index contributed by atoms with van der Waals surface area (Å²) in [5.74, 6) is 0.441. The molecule has 0 spiro atoms. The smallest absolute Gasteiger partial charge is 0.381 e. The molecular weight excluding hydrogens is 267 g/mol. The molecule has 1 unspecified atom stereocenters. The van der Waals surface area contributed by atoms with Crippen molar-refractivity contribution in [3.8, 4) is 0 Å². The number of hydrogen-bond acceptors (Lipinski definition) is 3. The van der Waals surface area contributed by atoms with Gasteiger partial charge in [-0.15, -0.1) is 0 Å². The third-order valence-electron chi connectivity index (χ3n) is 3.88. The maximum absolute atomic E-state index is 12.6. The van der Waals surface area contributed by atoms with Gasteiger partial charge in [-0.1, -0.05) is 19.3 Å². The van der Waals surface area contributed by atoms with Gasteiger partial charge in [0.1, 0.15) is 5.69 Å². The molecule has 1 aromatic heterocycles. The normalized spacial score (nSPS) is 18.8. The van der Waals surface area contributed by atoms with Crippen LogP contribution in [-0.2, 0) is 6.18 Å². The van der Waals surface area contributed by atoms with E-state index in [9.17, 15) is 13.2 Å². The van der Waals surface area contributed by atoms with Crippen LogP contribution in [-0.4, -0.2) is 17.6 Å². The van der Waals surface area contributed by atoms with E-state index in [1.165, 1.54) is 25.5 Å². The van der Waals surface area contributed by atoms with Crippen molar-refractivity contribution in [3.63, 3.8) is 0 Å². The van der Waals surface area contributed by atoms with E-state index in [-0.39, 0.29) is 6.04 Å². The number of rotatable bonds is 4. The maximum Gasteiger partial charge on any atom is 0.433 e. The minimum absolute atomic E-state index is 0.0267. The van der Waals surface area contributed by atoms with Crippen molar-refractivity contribution in [2.45, 2.75) is 44.3 Å². The van der Waals surface area contributed by atoms with E-state index in [1.807, 2.05) is 0 Å². The number of aromatic nitrogens is 1. The summed E-state index contributed by atoms with van der Waals surface area (Å²) in [5.41, 5.74) is 5.34. The van der Waals surface area contributed by atoms with E-state index in [2.05, 4.69) is 10.3 Å². The molecule has 0 saturated heterocycles. The molecule has 1 fully saturated rings. The molecule has 3 nitrogen and oxygen atoms in total. The molecule has 0 aromatic carbocycles. The number of nitrogens with one attached hydrogen (secondary N) is 1. The van der Waals surface area contributed by atoms with Crippen LogP contribution in [0.2, 0.25) is 0 Å². The summed E-state index contributed by atoms with van der Waals surface area (Å²) in [6.45, 7) is 0.425. The highest BCUT2D eigenvalue weighted by Gasteiger charge is 2.32. The fourth-order valence-corrected chi connectivity index (χ4v) is 2.80. The number of nitrogens with two attached hydrogens (primary N) is 1. The van der Waals surface area contributed by atoms with Crippen LogP contribution >= 0.6 is 0 Å². The van der Waals surface area contributed by atoms with Gasteiger partial charge in [0, 0.05) is 24.5 Å². The summed E-state index contributed by atoms with van der Waals surface area (Å²) in [5, 5.41) is 3.15. The zero-order chi connectivity index (χ0) is 14.6. The fourth-order valence-electron chi connectivity index (χ4n) is 2.80. The summed E-state index contributed by atoms with van der Waals surface area (Å²) < 4.78 is 37.9. The Hall–Kier alpha value is -1.30. The standard InChI is InChI=1S/C14H20F3N3/c15-14(16,17)13-8-11(6-7-19-13)20-12(9-18)10-4-2-1-3-5-10/h6-8,10,12H,1-5,9,18H2,(H,19,20). The number of hydrogen-bond donors (Lipinski definition) is 2. The second-order valence-electron chi connectivity index (χ2n) is 5.31. The Balaban J connectivity index is 2.07. The van der Waals surface area contributed by atoms with Crippen LogP contribution in [0.15, 0.2) is 18.3 Å². The van der Waals surface area contributed by atoms with Crippen LogP contribution in [0, 0.1) is 5.92 Å². The minimum atomic E-state index is -4.42. The van der Waals surface area contributed by atoms with Crippen LogP contribution in [0.3, 0.4) is 0 Å². The number of anilines is 1. The lowest BCUT2D eigenvalue weighted by Gasteiger charge is -2.30. The third kappa shape index (κ3) is 3.85. The topological polar surface area (TPSA) is 50.9 Å². The zero-order valence-electron chi connectivity index (χ0n) is 11.3. The van der Waals surface area contributed by atoms with Crippen LogP contribution in [0.4, 0.5) is 18.9 Å². The van der Waals surface area contributed by atoms with Gasteiger partial charge < -0.3 is 11.1 Å². The highest BCUT2D eigenvalue weighted by atomic mass is 19.4. The van der Waals surface area contributed by atoms with Crippen molar-refractivity contribution in [2.75, 3.05) is 11.9 Å². The average molecular weight is 287 g/mol. The van der Waals surface area contributed by atoms with Crippen LogP contribution < -0.4 is 11.1 Å². The molecule has 2 rings (SSSR count). The second-order valence-corrected chi connectivity index (χ2v) is 5.31. The molecule has 0 amide bonds. The molecule has 20 heavy (non-hydrogen) atoms. The van der Waals surface area contributed by atoms with Gasteiger partial charge in [-0.2, -0.15) is 13.2 Å². The molecule has 0 bridgehead atoms. The highest BCUT2D eigenvalue weighted by molar-refractivity contribution is 5.45. The van der Waals surface area contributed by atoms with E-state index in [0.717, 1.165) is 18.9 Å². The summed E-state index contributed by atoms with van der Waals surface area (Å²) in [6, 6.07) is 2.63. The van der Waals surface area contributed by atoms with Crippen LogP contribution in [0.1, 0.15) is 37.8 Å². The Labute approximate surface area is 116 Å². The molecule has 6 heteroatoms. The molecule has 0 aliphatic heterocycles. The molecule has 112 valence electrons. The Kier molecular flexibility index (Phi) is 4.86. The van der Waals surface area contributed by atoms with E-state index in [1.54, 1.807) is 6.07 Å². The first-order valence-electron chi connectivity index (χ1n) is 7.00. The van der Waals surface area contributed by atoms with E-state index >= 15 is 0 Å². The van der Waals surface area contributed by atoms with Crippen molar-refractivity contribution in [1.29, 1.82) is 0 Å². The quantitative estimate of drug-likeness (QED) is 0.892. The largest absolute Gasteiger partial charge is 0.433 e. The Morgan fingerprint density at radius 1 is 1.30 bits per heavy atom. The van der Waals surface area contributed by atoms with E-state index < -0.39 is 11.9 Å². The molecule has 1 aliphatic rings. The van der Waals surface area contributed by atoms with Crippen molar-refractivity contribution < 1.29 is 13.2 Å². The lowest BCUT2D eigenvalue weighted by atomic mass is 9.84. The molecule has 3 N–H and O–H groups in total. The van der Waals surface area contributed by atoms with Gasteiger partial charge in [0.25, 0.3) is 0 Å². The highest BCUT2D eigenvalue weighted by Crippen LogP contribution is 2.31. The molecule has 0 radical (unpaired) electrons. The molecular formula is C14H20F3N3. The first kappa shape index (κ1) is 15.1. The number of nitrogens with zero attached hydrogens (tertiary/aromatic N) is 1. The number of alkyl halides is 3. The van der Waals surface area contributed by atoms with E-state index in [0.29, 0.717) is 18.2 Å². The molecule has 1 atom stereocenters. The lowest BCUT2D eigenvalue weighted by Crippen LogP contribution is -2.37. The van der Waals surface area contributed by atoms with Gasteiger partial charge in [-0.3, -0.25) is 4.98 Å². The van der Waals surface area contributed by atoms with Gasteiger partial charge in [0.15, 0.2) is 0 Å². The minimum Gasteiger partial charge on any atom is -0.381 e. The molecule has 1 aliphatic carbocycles. The van der Waals surface area contributed by atoms with Gasteiger partial charge in [0.05, 0.1) is 0 Å². The van der Waals surface area contributed by atoms with Crippen molar-refractivity contribution in [1.82, 2.24) is 4.98 Å². The first-order valence-corrected chi connectivity index (χ1v) is 7.00. The molecule has 1 saturated carbocycles. The summed E-state index contributed by atoms with van der Waals surface area (Å²) in [4.78, 5) is 3.36. The maximum atomic E-state index is 12.6. The van der Waals surface area contributed by atoms with Gasteiger partial charge >= 0.3 is 6.18 Å². The summed E-state index contributed by atoms with van der Waals surface area (Å²) in [7, 11) is 0. The van der Waals surface area contributed by atoms with Crippen molar-refractivity contribution in [2.24, 2.45) is 11.7 Å². The van der Waals surface area contributed by atoms with E-state index in [4.69, 9.17) is 5.73 Å². The SMILES string of the molecule is NCC(Nc1ccnc(C(F)(F)F)c1)C1CCCCC1. The van der Waals surface area contributed by atoms with Crippen LogP contribution in [0.25, 0.3) is 0 Å². The number of halogens is 3. The Bertz CT molecular complexity index is 428. The van der Waals surface area contributed by atoms with Crippen LogP contribution in [0.5, 0.6) is 0 Å². The van der Waals surface area contributed by atoms with Gasteiger partial charge in [0.2, 0.25) is 0 Å². The van der Waals surface area contributed by atoms with Gasteiger partial charge in [-0.05, 0) is 30.9 Å². The molecule has 1 aromatic rings. The average Bonchev–Trinajstić information content (AvgIpc) is 2.45. The molecule has 1 heterocycles. The lowest BCUT2D eigenvalue weighted by molar-refractivity contribution is -0.141. The number of pyridine rings is 1. The Morgan fingerprint density at radius 3 is 2.60 bits per heavy atom. The fraction of sp³-hybridized carbons (Fsp3) is 0.643. The summed E-state index contributed by atoms with van der Waals surface area (Å²) in [6.07, 6.45) is 2.53. The van der Waals surface area contributed by atoms with Crippen molar-refractivity contribution in [3.05, 3.63) is 24.0 Å². The zero-order valence-corrected chi connectivity index (χ0v) is 11.3. The van der Waals surface area contributed by atoms with Crippen molar-refractivity contribution >= 4 is 5.69 Å². The Morgan fingerprint density at radius 2 is 2.00 bits per heavy atom. The predicted molar refractivity (Wildman–Crippen MR) is 72.3 cm³/mol. The van der Waals surface area contributed by atoms with Gasteiger partial charge in [-0.25, -0.2) is 0 Å². The monoisotopic (exact) mass is 287 g/mol. The summed E-state index contributed by atoms with van der Waals surface area (Å²) >= 11 is 0. The first-order chi connectivity index (χ1) is 9.50.